The smallest absolute Gasteiger partial charge is 0.330 e. The Morgan fingerprint density at radius 3 is 2.61 bits per heavy atom. The van der Waals surface area contributed by atoms with Crippen LogP contribution in [-0.4, -0.2) is 17.3 Å². The number of nitrogens with zero attached hydrogens (tertiary/aromatic N) is 1. The molecular weight excluding hydrogens is 245 g/mol. The van der Waals surface area contributed by atoms with Gasteiger partial charge in [0.25, 0.3) is 0 Å². The second-order valence-corrected chi connectivity index (χ2v) is 3.94. The molecule has 0 aliphatic heterocycles. The first-order valence-electron chi connectivity index (χ1n) is 5.71. The van der Waals surface area contributed by atoms with Crippen molar-refractivity contribution in [2.24, 2.45) is 5.73 Å². The summed E-state index contributed by atoms with van der Waals surface area (Å²) in [5.74, 6) is -0.521. The van der Waals surface area contributed by atoms with Crippen LogP contribution in [0.2, 0.25) is 0 Å². The van der Waals surface area contributed by atoms with Gasteiger partial charge in [0.15, 0.2) is 5.78 Å². The number of rotatable bonds is 6. The van der Waals surface area contributed by atoms with Crippen molar-refractivity contribution in [2.75, 3.05) is 6.54 Å². The number of aromatic nitrogens is 1. The van der Waals surface area contributed by atoms with Gasteiger partial charge in [0, 0.05) is 24.4 Å². The van der Waals surface area contributed by atoms with Gasteiger partial charge >= 0.3 is 6.18 Å². The number of unbranched alkanes of at least 4 members (excludes halogenated alkanes) is 2. The molecular formula is C12H15F3N2O. The summed E-state index contributed by atoms with van der Waals surface area (Å²) in [5.41, 5.74) is 4.03. The lowest BCUT2D eigenvalue weighted by atomic mass is 10.0. The number of nitrogens with two attached hydrogens (primary N) is 1. The number of hydrogen-bond acceptors (Lipinski definition) is 3. The van der Waals surface area contributed by atoms with Gasteiger partial charge in [-0.15, -0.1) is 0 Å². The van der Waals surface area contributed by atoms with Gasteiger partial charge in [-0.2, -0.15) is 13.2 Å². The van der Waals surface area contributed by atoms with E-state index >= 15 is 0 Å². The monoisotopic (exact) mass is 260 g/mol. The Balaban J connectivity index is 2.74. The lowest BCUT2D eigenvalue weighted by Gasteiger charge is -2.11. The molecule has 0 saturated heterocycles. The molecule has 0 unspecified atom stereocenters. The Bertz CT molecular complexity index is 405. The van der Waals surface area contributed by atoms with E-state index in [-0.39, 0.29) is 12.0 Å². The second-order valence-electron chi connectivity index (χ2n) is 3.94. The third kappa shape index (κ3) is 4.10. The molecule has 18 heavy (non-hydrogen) atoms. The zero-order chi connectivity index (χ0) is 13.6. The zero-order valence-electron chi connectivity index (χ0n) is 9.83. The van der Waals surface area contributed by atoms with Crippen LogP contribution in [0.15, 0.2) is 18.5 Å². The van der Waals surface area contributed by atoms with Crippen LogP contribution in [0.25, 0.3) is 0 Å². The van der Waals surface area contributed by atoms with Crippen LogP contribution in [0.1, 0.15) is 41.6 Å². The van der Waals surface area contributed by atoms with Crippen molar-refractivity contribution < 1.29 is 18.0 Å². The Morgan fingerprint density at radius 1 is 1.28 bits per heavy atom. The fraction of sp³-hybridized carbons (Fsp3) is 0.500. The predicted octanol–water partition coefficient (Wildman–Crippen LogP) is 2.80. The van der Waals surface area contributed by atoms with E-state index in [0.29, 0.717) is 13.0 Å². The quantitative estimate of drug-likeness (QED) is 0.632. The topological polar surface area (TPSA) is 56.0 Å². The molecule has 0 bridgehead atoms. The third-order valence-corrected chi connectivity index (χ3v) is 2.53. The van der Waals surface area contributed by atoms with Crippen LogP contribution in [-0.2, 0) is 6.18 Å². The zero-order valence-corrected chi connectivity index (χ0v) is 9.83. The van der Waals surface area contributed by atoms with E-state index in [4.69, 9.17) is 5.73 Å². The van der Waals surface area contributed by atoms with Gasteiger partial charge < -0.3 is 5.73 Å². The van der Waals surface area contributed by atoms with Gasteiger partial charge in [-0.05, 0) is 25.5 Å². The van der Waals surface area contributed by atoms with Crippen molar-refractivity contribution in [3.63, 3.8) is 0 Å². The molecule has 1 rings (SSSR count). The van der Waals surface area contributed by atoms with Crippen LogP contribution in [0, 0.1) is 0 Å². The first kappa shape index (κ1) is 14.6. The molecule has 0 aliphatic carbocycles. The molecule has 0 saturated carbocycles. The van der Waals surface area contributed by atoms with Gasteiger partial charge in [-0.1, -0.05) is 6.42 Å². The van der Waals surface area contributed by atoms with E-state index in [1.54, 1.807) is 0 Å². The molecule has 3 nitrogen and oxygen atoms in total. The average Bonchev–Trinajstić information content (AvgIpc) is 2.33. The number of ketones is 1. The maximum atomic E-state index is 12.7. The maximum Gasteiger partial charge on any atom is 0.417 e. The first-order valence-corrected chi connectivity index (χ1v) is 5.71. The molecule has 1 aromatic rings. The summed E-state index contributed by atoms with van der Waals surface area (Å²) in [6.07, 6.45) is -0.361. The fourth-order valence-corrected chi connectivity index (χ4v) is 1.61. The highest BCUT2D eigenvalue weighted by Gasteiger charge is 2.34. The van der Waals surface area contributed by atoms with E-state index < -0.39 is 17.5 Å². The molecule has 0 fully saturated rings. The van der Waals surface area contributed by atoms with Crippen LogP contribution >= 0.6 is 0 Å². The van der Waals surface area contributed by atoms with Crippen molar-refractivity contribution >= 4 is 5.78 Å². The molecule has 1 heterocycles. The molecule has 0 amide bonds. The fourth-order valence-electron chi connectivity index (χ4n) is 1.61. The number of carbonyl (C=O) groups is 1. The lowest BCUT2D eigenvalue weighted by Crippen LogP contribution is -2.13. The summed E-state index contributed by atoms with van der Waals surface area (Å²) in [4.78, 5) is 15.3. The van der Waals surface area contributed by atoms with E-state index in [1.807, 2.05) is 0 Å². The number of carbonyl (C=O) groups excluding carboxylic acids is 1. The van der Waals surface area contributed by atoms with Crippen molar-refractivity contribution in [1.29, 1.82) is 0 Å². The molecule has 100 valence electrons. The highest BCUT2D eigenvalue weighted by molar-refractivity contribution is 5.97. The second kappa shape index (κ2) is 6.49. The molecule has 1 aromatic heterocycles. The van der Waals surface area contributed by atoms with Crippen LogP contribution in [0.5, 0.6) is 0 Å². The predicted molar refractivity (Wildman–Crippen MR) is 61.1 cm³/mol. The van der Waals surface area contributed by atoms with Crippen LogP contribution in [0.3, 0.4) is 0 Å². The number of Topliss-reactive ketones (excluding diaryl/α,β-unsaturated/α-hetero) is 1. The van der Waals surface area contributed by atoms with Crippen molar-refractivity contribution in [1.82, 2.24) is 4.98 Å². The average molecular weight is 260 g/mol. The van der Waals surface area contributed by atoms with Gasteiger partial charge in [0.2, 0.25) is 0 Å². The number of halogens is 3. The van der Waals surface area contributed by atoms with E-state index in [2.05, 4.69) is 4.98 Å². The summed E-state index contributed by atoms with van der Waals surface area (Å²) in [5, 5.41) is 0. The van der Waals surface area contributed by atoms with E-state index in [1.165, 1.54) is 0 Å². The van der Waals surface area contributed by atoms with Crippen molar-refractivity contribution in [2.45, 2.75) is 31.9 Å². The number of alkyl halides is 3. The largest absolute Gasteiger partial charge is 0.417 e. The normalized spacial score (nSPS) is 11.6. The van der Waals surface area contributed by atoms with E-state index in [9.17, 15) is 18.0 Å². The third-order valence-electron chi connectivity index (χ3n) is 2.53. The Morgan fingerprint density at radius 2 is 2.00 bits per heavy atom. The van der Waals surface area contributed by atoms with Gasteiger partial charge in [0.1, 0.15) is 0 Å². The molecule has 0 radical (unpaired) electrons. The highest BCUT2D eigenvalue weighted by atomic mass is 19.4. The van der Waals surface area contributed by atoms with Gasteiger partial charge in [-0.25, -0.2) is 0 Å². The molecule has 2 N–H and O–H groups in total. The van der Waals surface area contributed by atoms with Gasteiger partial charge in [0.05, 0.1) is 5.56 Å². The SMILES string of the molecule is NCCCCCC(=O)c1cnccc1C(F)(F)F. The summed E-state index contributed by atoms with van der Waals surface area (Å²) in [6.45, 7) is 0.523. The summed E-state index contributed by atoms with van der Waals surface area (Å²) < 4.78 is 38.0. The van der Waals surface area contributed by atoms with Crippen molar-refractivity contribution in [3.05, 3.63) is 29.6 Å². The minimum atomic E-state index is -4.52. The lowest BCUT2D eigenvalue weighted by molar-refractivity contribution is -0.138. The van der Waals surface area contributed by atoms with Gasteiger partial charge in [-0.3, -0.25) is 9.78 Å². The molecule has 6 heteroatoms. The van der Waals surface area contributed by atoms with Crippen LogP contribution < -0.4 is 5.73 Å². The van der Waals surface area contributed by atoms with Crippen molar-refractivity contribution in [3.8, 4) is 0 Å². The molecule has 0 atom stereocenters. The molecule has 0 aliphatic rings. The summed E-state index contributed by atoms with van der Waals surface area (Å²) in [7, 11) is 0. The molecule has 0 aromatic carbocycles. The first-order chi connectivity index (χ1) is 8.46. The minimum absolute atomic E-state index is 0.0920. The number of hydrogen-bond donors (Lipinski definition) is 1. The highest BCUT2D eigenvalue weighted by Crippen LogP contribution is 2.32. The van der Waals surface area contributed by atoms with Crippen LogP contribution in [0.4, 0.5) is 13.2 Å². The maximum absolute atomic E-state index is 12.7. The molecule has 0 spiro atoms. The Hall–Kier alpha value is -1.43. The number of pyridine rings is 1. The Labute approximate surface area is 103 Å². The summed E-state index contributed by atoms with van der Waals surface area (Å²) >= 11 is 0. The summed E-state index contributed by atoms with van der Waals surface area (Å²) in [6, 6.07) is 0.827. The standard InChI is InChI=1S/C12H15F3N2O/c13-12(14,15)10-5-7-17-8-9(10)11(18)4-2-1-3-6-16/h5,7-8H,1-4,6,16H2. The minimum Gasteiger partial charge on any atom is -0.330 e. The Kier molecular flexibility index (Phi) is 5.27. The van der Waals surface area contributed by atoms with E-state index in [0.717, 1.165) is 31.3 Å².